The number of benzene rings is 2. The third-order valence-corrected chi connectivity index (χ3v) is 4.99. The van der Waals surface area contributed by atoms with E-state index in [-0.39, 0.29) is 5.56 Å². The number of nitriles is 1. The number of aromatic nitrogens is 2. The van der Waals surface area contributed by atoms with Crippen molar-refractivity contribution in [2.45, 2.75) is 24.4 Å². The highest BCUT2D eigenvalue weighted by atomic mass is 35.5. The van der Waals surface area contributed by atoms with E-state index < -0.39 is 0 Å². The summed E-state index contributed by atoms with van der Waals surface area (Å²) in [5, 5.41) is 10.4. The molecular weight excluding hydrogens is 354 g/mol. The van der Waals surface area contributed by atoms with E-state index >= 15 is 0 Å². The Balaban J connectivity index is 2.05. The molecule has 25 heavy (non-hydrogen) atoms. The van der Waals surface area contributed by atoms with E-state index in [0.717, 1.165) is 18.6 Å². The van der Waals surface area contributed by atoms with Crippen molar-refractivity contribution < 1.29 is 0 Å². The average molecular weight is 370 g/mol. The quantitative estimate of drug-likeness (QED) is 0.355. The van der Waals surface area contributed by atoms with Crippen LogP contribution in [-0.4, -0.2) is 15.3 Å². The summed E-state index contributed by atoms with van der Waals surface area (Å²) in [6, 6.07) is 16.7. The minimum absolute atomic E-state index is 0.104. The molecule has 0 saturated heterocycles. The number of halogens is 1. The molecule has 0 aliphatic rings. The van der Waals surface area contributed by atoms with Gasteiger partial charge >= 0.3 is 0 Å². The number of hydrogen-bond acceptors (Lipinski definition) is 4. The maximum Gasteiger partial charge on any atom is 0.266 e. The molecule has 0 saturated carbocycles. The lowest BCUT2D eigenvalue weighted by Crippen LogP contribution is -2.21. The molecule has 1 aromatic heterocycles. The van der Waals surface area contributed by atoms with Gasteiger partial charge < -0.3 is 0 Å². The lowest BCUT2D eigenvalue weighted by atomic mass is 10.2. The Kier molecular flexibility index (Phi) is 5.75. The Labute approximate surface area is 155 Å². The second kappa shape index (κ2) is 8.19. The summed E-state index contributed by atoms with van der Waals surface area (Å²) in [5.74, 6) is 0.799. The van der Waals surface area contributed by atoms with Crippen molar-refractivity contribution >= 4 is 34.3 Å². The molecule has 4 nitrogen and oxygen atoms in total. The van der Waals surface area contributed by atoms with Gasteiger partial charge in [0, 0.05) is 17.2 Å². The van der Waals surface area contributed by atoms with Crippen LogP contribution in [0.5, 0.6) is 0 Å². The third kappa shape index (κ3) is 4.04. The highest BCUT2D eigenvalue weighted by Crippen LogP contribution is 2.23. The van der Waals surface area contributed by atoms with Crippen molar-refractivity contribution in [3.8, 4) is 11.8 Å². The van der Waals surface area contributed by atoms with Gasteiger partial charge in [0.1, 0.15) is 0 Å². The van der Waals surface area contributed by atoms with Gasteiger partial charge in [-0.05, 0) is 43.2 Å². The zero-order chi connectivity index (χ0) is 17.6. The highest BCUT2D eigenvalue weighted by molar-refractivity contribution is 7.99. The molecular formula is C19H16ClN3OS. The second-order valence-corrected chi connectivity index (χ2v) is 6.99. The number of hydrogen-bond donors (Lipinski definition) is 0. The van der Waals surface area contributed by atoms with Gasteiger partial charge in [-0.15, -0.1) is 0 Å². The molecule has 0 amide bonds. The van der Waals surface area contributed by atoms with Gasteiger partial charge in [0.2, 0.25) is 0 Å². The lowest BCUT2D eigenvalue weighted by molar-refractivity contribution is 0.804. The molecule has 0 radical (unpaired) electrons. The van der Waals surface area contributed by atoms with E-state index in [9.17, 15) is 4.79 Å². The Hall–Kier alpha value is -2.29. The second-order valence-electron chi connectivity index (χ2n) is 5.50. The van der Waals surface area contributed by atoms with Gasteiger partial charge in [0.25, 0.3) is 5.56 Å². The predicted octanol–water partition coefficient (Wildman–Crippen LogP) is 4.83. The summed E-state index contributed by atoms with van der Waals surface area (Å²) in [6.45, 7) is 0. The molecule has 0 spiro atoms. The molecule has 0 aliphatic heterocycles. The van der Waals surface area contributed by atoms with Crippen LogP contribution < -0.4 is 5.56 Å². The molecule has 126 valence electrons. The van der Waals surface area contributed by atoms with Crippen LogP contribution in [0.4, 0.5) is 0 Å². The molecule has 0 atom stereocenters. The standard InChI is InChI=1S/C19H16ClN3OS/c20-14-7-6-8-15(13-14)23-18(24)16-9-2-3-10-17(16)22-19(23)25-12-5-1-4-11-21/h2-3,6-10,13H,1,4-5,12H2. The maximum absolute atomic E-state index is 13.0. The number of para-hydroxylation sites is 1. The van der Waals surface area contributed by atoms with Gasteiger partial charge in [-0.2, -0.15) is 5.26 Å². The molecule has 0 N–H and O–H groups in total. The zero-order valence-electron chi connectivity index (χ0n) is 13.5. The van der Waals surface area contributed by atoms with Crippen LogP contribution in [0, 0.1) is 11.3 Å². The summed E-state index contributed by atoms with van der Waals surface area (Å²) in [7, 11) is 0. The first-order valence-corrected chi connectivity index (χ1v) is 9.34. The van der Waals surface area contributed by atoms with Crippen molar-refractivity contribution in [3.05, 3.63) is 63.9 Å². The third-order valence-electron chi connectivity index (χ3n) is 3.73. The number of unbranched alkanes of at least 4 members (excludes halogenated alkanes) is 2. The molecule has 0 aliphatic carbocycles. The number of thioether (sulfide) groups is 1. The van der Waals surface area contributed by atoms with Crippen molar-refractivity contribution in [2.24, 2.45) is 0 Å². The van der Waals surface area contributed by atoms with E-state index in [1.165, 1.54) is 11.8 Å². The first-order valence-electron chi connectivity index (χ1n) is 7.98. The van der Waals surface area contributed by atoms with Crippen LogP contribution in [0.15, 0.2) is 58.5 Å². The molecule has 3 rings (SSSR count). The minimum atomic E-state index is -0.104. The van der Waals surface area contributed by atoms with Crippen LogP contribution >= 0.6 is 23.4 Å². The topological polar surface area (TPSA) is 58.7 Å². The van der Waals surface area contributed by atoms with Crippen LogP contribution in [0.2, 0.25) is 5.02 Å². The van der Waals surface area contributed by atoms with E-state index in [1.807, 2.05) is 30.3 Å². The fraction of sp³-hybridized carbons (Fsp3) is 0.211. The fourth-order valence-corrected chi connectivity index (χ4v) is 3.72. The average Bonchev–Trinajstić information content (AvgIpc) is 2.62. The van der Waals surface area contributed by atoms with Gasteiger partial charge in [-0.3, -0.25) is 9.36 Å². The van der Waals surface area contributed by atoms with Crippen molar-refractivity contribution in [1.29, 1.82) is 5.26 Å². The SMILES string of the molecule is N#CCCCCSc1nc2ccccc2c(=O)n1-c1cccc(Cl)c1. The van der Waals surface area contributed by atoms with Crippen molar-refractivity contribution in [1.82, 2.24) is 9.55 Å². The lowest BCUT2D eigenvalue weighted by Gasteiger charge is -2.13. The number of fused-ring (bicyclic) bond motifs is 1. The van der Waals surface area contributed by atoms with E-state index in [1.54, 1.807) is 22.8 Å². The summed E-state index contributed by atoms with van der Waals surface area (Å²) in [4.78, 5) is 17.7. The Morgan fingerprint density at radius 3 is 2.80 bits per heavy atom. The Morgan fingerprint density at radius 2 is 2.00 bits per heavy atom. The molecule has 3 aromatic rings. The van der Waals surface area contributed by atoms with Crippen molar-refractivity contribution in [2.75, 3.05) is 5.75 Å². The Bertz CT molecular complexity index is 994. The van der Waals surface area contributed by atoms with Crippen LogP contribution in [0.1, 0.15) is 19.3 Å². The molecule has 6 heteroatoms. The zero-order valence-corrected chi connectivity index (χ0v) is 15.1. The molecule has 2 aromatic carbocycles. The molecule has 0 bridgehead atoms. The van der Waals surface area contributed by atoms with E-state index in [4.69, 9.17) is 16.9 Å². The van der Waals surface area contributed by atoms with Crippen LogP contribution in [0.3, 0.4) is 0 Å². The van der Waals surface area contributed by atoms with Crippen LogP contribution in [0.25, 0.3) is 16.6 Å². The number of rotatable bonds is 6. The summed E-state index contributed by atoms with van der Waals surface area (Å²) >= 11 is 7.63. The Morgan fingerprint density at radius 1 is 1.16 bits per heavy atom. The predicted molar refractivity (Wildman–Crippen MR) is 103 cm³/mol. The highest BCUT2D eigenvalue weighted by Gasteiger charge is 2.13. The minimum Gasteiger partial charge on any atom is -0.268 e. The van der Waals surface area contributed by atoms with Gasteiger partial charge in [0.05, 0.1) is 22.7 Å². The van der Waals surface area contributed by atoms with Gasteiger partial charge in [-0.1, -0.05) is 41.6 Å². The largest absolute Gasteiger partial charge is 0.268 e. The maximum atomic E-state index is 13.0. The summed E-state index contributed by atoms with van der Waals surface area (Å²) in [5.41, 5.74) is 1.29. The first kappa shape index (κ1) is 17.5. The van der Waals surface area contributed by atoms with Crippen molar-refractivity contribution in [3.63, 3.8) is 0 Å². The molecule has 0 unspecified atom stereocenters. The molecule has 1 heterocycles. The summed E-state index contributed by atoms with van der Waals surface area (Å²) < 4.78 is 1.61. The monoisotopic (exact) mass is 369 g/mol. The molecule has 0 fully saturated rings. The fourth-order valence-electron chi connectivity index (χ4n) is 2.52. The smallest absolute Gasteiger partial charge is 0.266 e. The van der Waals surface area contributed by atoms with Crippen LogP contribution in [-0.2, 0) is 0 Å². The summed E-state index contributed by atoms with van der Waals surface area (Å²) in [6.07, 6.45) is 2.29. The normalized spacial score (nSPS) is 10.7. The van der Waals surface area contributed by atoms with E-state index in [2.05, 4.69) is 11.1 Å². The van der Waals surface area contributed by atoms with E-state index in [0.29, 0.717) is 33.2 Å². The number of nitrogens with zero attached hydrogens (tertiary/aromatic N) is 3. The van der Waals surface area contributed by atoms with Gasteiger partial charge in [-0.25, -0.2) is 4.98 Å². The van der Waals surface area contributed by atoms with Gasteiger partial charge in [0.15, 0.2) is 5.16 Å². The first-order chi connectivity index (χ1) is 12.2.